The van der Waals surface area contributed by atoms with Crippen LogP contribution in [-0.2, 0) is 0 Å². The quantitative estimate of drug-likeness (QED) is 0.481. The second kappa shape index (κ2) is 7.39. The molecule has 1 rings (SSSR count). The third-order valence-corrected chi connectivity index (χ3v) is 1.19. The molecular weight excluding hydrogens is 208 g/mol. The normalized spacial score (nSPS) is 8.00. The Morgan fingerprint density at radius 2 is 1.43 bits per heavy atom. The molecule has 1 aromatic rings. The van der Waals surface area contributed by atoms with Crippen molar-refractivity contribution in [1.82, 2.24) is 4.98 Å². The van der Waals surface area contributed by atoms with E-state index in [1.807, 2.05) is 0 Å². The van der Waals surface area contributed by atoms with Crippen molar-refractivity contribution < 1.29 is 81.8 Å². The number of aromatic nitrogens is 1. The Morgan fingerprint density at radius 1 is 1.07 bits per heavy atom. The molecule has 0 aliphatic heterocycles. The molecule has 0 unspecified atom stereocenters. The minimum absolute atomic E-state index is 0. The van der Waals surface area contributed by atoms with Crippen LogP contribution < -0.4 is 59.1 Å². The van der Waals surface area contributed by atoms with Crippen molar-refractivity contribution in [3.05, 3.63) is 29.6 Å². The maximum absolute atomic E-state index is 10.3. The number of pyridine rings is 1. The van der Waals surface area contributed by atoms with Gasteiger partial charge in [-0.05, 0) is 12.1 Å². The first kappa shape index (κ1) is 16.5. The molecule has 7 heteroatoms. The summed E-state index contributed by atoms with van der Waals surface area (Å²) in [5.41, 5.74) is -0.537. The number of aromatic carboxylic acids is 2. The molecule has 0 aliphatic rings. The number of carbonyl (C=O) groups is 2. The van der Waals surface area contributed by atoms with Crippen LogP contribution in [0.15, 0.2) is 18.2 Å². The van der Waals surface area contributed by atoms with Crippen molar-refractivity contribution >= 4 is 11.9 Å². The minimum Gasteiger partial charge on any atom is -1.00 e. The van der Waals surface area contributed by atoms with Crippen LogP contribution in [0.4, 0.5) is 0 Å². The molecule has 1 heterocycles. The maximum atomic E-state index is 10.3. The number of carboxylic acids is 2. The summed E-state index contributed by atoms with van der Waals surface area (Å²) in [6.07, 6.45) is 0. The molecular formula is C7H7NNa2O4. The summed E-state index contributed by atoms with van der Waals surface area (Å²) in [6, 6.07) is 3.80. The second-order valence-corrected chi connectivity index (χ2v) is 2.02. The van der Waals surface area contributed by atoms with Crippen molar-refractivity contribution in [1.29, 1.82) is 0 Å². The Hall–Kier alpha value is 0.0900. The molecule has 5 nitrogen and oxygen atoms in total. The summed E-state index contributed by atoms with van der Waals surface area (Å²) in [5.74, 6) is -2.48. The molecule has 0 atom stereocenters. The summed E-state index contributed by atoms with van der Waals surface area (Å²) in [7, 11) is 0. The van der Waals surface area contributed by atoms with Crippen molar-refractivity contribution in [3.63, 3.8) is 0 Å². The molecule has 66 valence electrons. The number of nitrogens with zero attached hydrogens (tertiary/aromatic N) is 1. The molecule has 0 spiro atoms. The molecule has 2 N–H and O–H groups in total. The number of hydrogen-bond acceptors (Lipinski definition) is 3. The fourth-order valence-electron chi connectivity index (χ4n) is 0.673. The van der Waals surface area contributed by atoms with E-state index in [-0.39, 0.29) is 73.4 Å². The first-order valence-corrected chi connectivity index (χ1v) is 3.05. The van der Waals surface area contributed by atoms with Gasteiger partial charge in [0.2, 0.25) is 0 Å². The zero-order chi connectivity index (χ0) is 9.14. The Kier molecular flexibility index (Phi) is 8.72. The zero-order valence-corrected chi connectivity index (χ0v) is 11.9. The largest absolute Gasteiger partial charge is 1.00 e. The Morgan fingerprint density at radius 3 is 1.71 bits per heavy atom. The van der Waals surface area contributed by atoms with Gasteiger partial charge in [-0.2, -0.15) is 0 Å². The second-order valence-electron chi connectivity index (χ2n) is 2.02. The number of carboxylic acid groups (broad SMARTS) is 2. The van der Waals surface area contributed by atoms with Crippen molar-refractivity contribution in [3.8, 4) is 0 Å². The Bertz CT molecular complexity index is 322. The van der Waals surface area contributed by atoms with Gasteiger partial charge in [-0.1, -0.05) is 6.07 Å². The fourth-order valence-corrected chi connectivity index (χ4v) is 0.673. The zero-order valence-electron chi connectivity index (χ0n) is 9.89. The number of hydrogen-bond donors (Lipinski definition) is 2. The smallest absolute Gasteiger partial charge is 1.00 e. The van der Waals surface area contributed by atoms with Crippen LogP contribution in [0.1, 0.15) is 23.8 Å². The summed E-state index contributed by atoms with van der Waals surface area (Å²) in [6.45, 7) is 0. The van der Waals surface area contributed by atoms with Crippen LogP contribution in [0.25, 0.3) is 0 Å². The molecule has 0 aromatic carbocycles. The fraction of sp³-hybridized carbons (Fsp3) is 0. The molecule has 0 bridgehead atoms. The van der Waals surface area contributed by atoms with E-state index < -0.39 is 11.9 Å². The molecule has 0 fully saturated rings. The summed E-state index contributed by atoms with van der Waals surface area (Å²) in [5, 5.41) is 16.9. The summed E-state index contributed by atoms with van der Waals surface area (Å²) in [4.78, 5) is 24.0. The van der Waals surface area contributed by atoms with Gasteiger partial charge in [0.25, 0.3) is 0 Å². The van der Waals surface area contributed by atoms with Gasteiger partial charge >= 0.3 is 71.1 Å². The SMILES string of the molecule is O=C(O)c1cccc(C(=O)O)n1.[H-].[H-].[Na+].[Na+]. The third kappa shape index (κ3) is 4.54. The first-order chi connectivity index (χ1) is 5.61. The topological polar surface area (TPSA) is 87.5 Å². The van der Waals surface area contributed by atoms with E-state index in [1.165, 1.54) is 18.2 Å². The van der Waals surface area contributed by atoms with Gasteiger partial charge in [0.05, 0.1) is 0 Å². The maximum Gasteiger partial charge on any atom is 1.00 e. The van der Waals surface area contributed by atoms with Gasteiger partial charge in [0.15, 0.2) is 0 Å². The Labute approximate surface area is 127 Å². The monoisotopic (exact) mass is 215 g/mol. The van der Waals surface area contributed by atoms with Gasteiger partial charge in [0.1, 0.15) is 11.4 Å². The predicted octanol–water partition coefficient (Wildman–Crippen LogP) is -5.29. The average Bonchev–Trinajstić information content (AvgIpc) is 2.04. The van der Waals surface area contributed by atoms with Crippen LogP contribution in [0.3, 0.4) is 0 Å². The average molecular weight is 215 g/mol. The standard InChI is InChI=1S/C7H5NO4.2Na.2H/c9-6(10)4-2-1-3-5(8-4)7(11)12;;;;/h1-3H,(H,9,10)(H,11,12);;;;/q;2*+1;2*-1. The van der Waals surface area contributed by atoms with Crippen molar-refractivity contribution in [2.75, 3.05) is 0 Å². The van der Waals surface area contributed by atoms with Gasteiger partial charge in [0, 0.05) is 0 Å². The van der Waals surface area contributed by atoms with Gasteiger partial charge in [-0.3, -0.25) is 0 Å². The first-order valence-electron chi connectivity index (χ1n) is 3.05. The molecule has 0 saturated carbocycles. The van der Waals surface area contributed by atoms with E-state index in [2.05, 4.69) is 4.98 Å². The van der Waals surface area contributed by atoms with Crippen molar-refractivity contribution in [2.24, 2.45) is 0 Å². The number of rotatable bonds is 2. The van der Waals surface area contributed by atoms with Crippen LogP contribution in [0.5, 0.6) is 0 Å². The van der Waals surface area contributed by atoms with E-state index in [4.69, 9.17) is 10.2 Å². The van der Waals surface area contributed by atoms with Crippen LogP contribution in [-0.4, -0.2) is 27.1 Å². The minimum atomic E-state index is -1.24. The van der Waals surface area contributed by atoms with Gasteiger partial charge in [-0.25, -0.2) is 14.6 Å². The summed E-state index contributed by atoms with van der Waals surface area (Å²) >= 11 is 0. The van der Waals surface area contributed by atoms with Crippen LogP contribution in [0, 0.1) is 0 Å². The molecule has 0 radical (unpaired) electrons. The molecule has 1 aromatic heterocycles. The predicted molar refractivity (Wildman–Crippen MR) is 40.4 cm³/mol. The third-order valence-electron chi connectivity index (χ3n) is 1.19. The molecule has 0 amide bonds. The molecule has 0 saturated heterocycles. The van der Waals surface area contributed by atoms with Crippen LogP contribution in [0.2, 0.25) is 0 Å². The molecule has 0 aliphatic carbocycles. The molecule has 14 heavy (non-hydrogen) atoms. The van der Waals surface area contributed by atoms with E-state index in [0.29, 0.717) is 0 Å². The van der Waals surface area contributed by atoms with E-state index in [9.17, 15) is 9.59 Å². The van der Waals surface area contributed by atoms with Gasteiger partial charge in [-0.15, -0.1) is 0 Å². The van der Waals surface area contributed by atoms with Gasteiger partial charge < -0.3 is 13.1 Å². The van der Waals surface area contributed by atoms with E-state index in [1.54, 1.807) is 0 Å². The van der Waals surface area contributed by atoms with E-state index >= 15 is 0 Å². The summed E-state index contributed by atoms with van der Waals surface area (Å²) < 4.78 is 0. The van der Waals surface area contributed by atoms with Crippen LogP contribution >= 0.6 is 0 Å². The van der Waals surface area contributed by atoms with Crippen molar-refractivity contribution in [2.45, 2.75) is 0 Å². The van der Waals surface area contributed by atoms with E-state index in [0.717, 1.165) is 0 Å². The Balaban J connectivity index is -0.000000180.